The summed E-state index contributed by atoms with van der Waals surface area (Å²) in [5.41, 5.74) is 5.36. The zero-order valence-corrected chi connectivity index (χ0v) is 8.72. The number of nitrogens with two attached hydrogens (primary N) is 1. The average Bonchev–Trinajstić information content (AvgIpc) is 2.18. The van der Waals surface area contributed by atoms with E-state index in [2.05, 4.69) is 15.9 Å². The molecule has 0 radical (unpaired) electrons. The Morgan fingerprint density at radius 1 is 1.43 bits per heavy atom. The smallest absolute Gasteiger partial charge is 0.133 e. The van der Waals surface area contributed by atoms with Gasteiger partial charge in [-0.05, 0) is 46.5 Å². The van der Waals surface area contributed by atoms with Gasteiger partial charge in [-0.2, -0.15) is 0 Å². The van der Waals surface area contributed by atoms with E-state index in [1.54, 1.807) is 0 Å². The monoisotopic (exact) mass is 267 g/mol. The van der Waals surface area contributed by atoms with E-state index in [9.17, 15) is 0 Å². The summed E-state index contributed by atoms with van der Waals surface area (Å²) in [6.45, 7) is -2.14. The summed E-state index contributed by atoms with van der Waals surface area (Å²) in [5.74, 6) is -0.240. The number of ether oxygens (including phenoxy) is 2. The third-order valence-corrected chi connectivity index (χ3v) is 2.25. The summed E-state index contributed by atoms with van der Waals surface area (Å²) in [7, 11) is -5.46. The minimum atomic E-state index is -2.75. The number of methoxy groups -OCH3 is 2. The van der Waals surface area contributed by atoms with Crippen molar-refractivity contribution >= 4 is 15.9 Å². The zero-order valence-electron chi connectivity index (χ0n) is 15.1. The van der Waals surface area contributed by atoms with Gasteiger partial charge in [0.1, 0.15) is 11.5 Å². The van der Waals surface area contributed by atoms with Crippen LogP contribution in [0, 0.1) is 0 Å². The molecule has 0 spiro atoms. The van der Waals surface area contributed by atoms with Crippen LogP contribution in [0.2, 0.25) is 0 Å². The van der Waals surface area contributed by atoms with E-state index in [1.165, 1.54) is 12.1 Å². The van der Waals surface area contributed by atoms with Crippen LogP contribution in [0.15, 0.2) is 16.6 Å². The molecule has 0 aliphatic heterocycles. The number of aryl methyl sites for hydroxylation is 1. The predicted molar refractivity (Wildman–Crippen MR) is 60.0 cm³/mol. The molecule has 0 heterocycles. The van der Waals surface area contributed by atoms with Crippen molar-refractivity contribution in [3.05, 3.63) is 22.2 Å². The Kier molecular flexibility index (Phi) is 1.64. The van der Waals surface area contributed by atoms with Crippen molar-refractivity contribution in [2.75, 3.05) is 20.6 Å². The zero-order chi connectivity index (χ0) is 17.3. The van der Waals surface area contributed by atoms with Gasteiger partial charge in [-0.3, -0.25) is 0 Å². The van der Waals surface area contributed by atoms with Crippen LogP contribution in [-0.2, 0) is 6.42 Å². The van der Waals surface area contributed by atoms with Crippen molar-refractivity contribution in [2.45, 2.75) is 6.42 Å². The topological polar surface area (TPSA) is 44.5 Å². The van der Waals surface area contributed by atoms with E-state index in [-0.39, 0.29) is 28.0 Å². The third-order valence-electron chi connectivity index (χ3n) is 1.63. The fourth-order valence-corrected chi connectivity index (χ4v) is 1.40. The first kappa shape index (κ1) is 4.41. The summed E-state index contributed by atoms with van der Waals surface area (Å²) >= 11 is 3.06. The molecule has 1 aromatic carbocycles. The lowest BCUT2D eigenvalue weighted by Gasteiger charge is -2.11. The lowest BCUT2D eigenvalue weighted by molar-refractivity contribution is 0.397. The Morgan fingerprint density at radius 3 is 2.79 bits per heavy atom. The van der Waals surface area contributed by atoms with E-state index < -0.39 is 20.6 Å². The Morgan fingerprint density at radius 2 is 2.14 bits per heavy atom. The first-order valence-corrected chi connectivity index (χ1v) is 4.45. The van der Waals surface area contributed by atoms with E-state index in [0.717, 1.165) is 0 Å². The second-order valence-electron chi connectivity index (χ2n) is 2.48. The van der Waals surface area contributed by atoms with Gasteiger partial charge in [-0.1, -0.05) is 0 Å². The number of hydrogen-bond acceptors (Lipinski definition) is 3. The van der Waals surface area contributed by atoms with Crippen LogP contribution in [0.1, 0.15) is 16.5 Å². The molecule has 0 fully saturated rings. The van der Waals surface area contributed by atoms with Gasteiger partial charge in [0, 0.05) is 2.74 Å². The quantitative estimate of drug-likeness (QED) is 0.908. The lowest BCUT2D eigenvalue weighted by Crippen LogP contribution is -2.04. The fraction of sp³-hybridized carbons (Fsp3) is 0.400. The number of hydrogen-bond donors (Lipinski definition) is 1. The van der Waals surface area contributed by atoms with Crippen molar-refractivity contribution in [3.63, 3.8) is 0 Å². The Bertz CT molecular complexity index is 537. The fourth-order valence-electron chi connectivity index (χ4n) is 0.999. The molecule has 0 aliphatic rings. The Labute approximate surface area is 104 Å². The van der Waals surface area contributed by atoms with Gasteiger partial charge >= 0.3 is 0 Å². The van der Waals surface area contributed by atoms with Gasteiger partial charge in [0.15, 0.2) is 0 Å². The molecule has 0 atom stereocenters. The molecule has 0 aromatic heterocycles. The van der Waals surface area contributed by atoms with Crippen LogP contribution in [0.3, 0.4) is 0 Å². The molecular weight excluding hydrogens is 246 g/mol. The Balaban J connectivity index is 3.29. The van der Waals surface area contributed by atoms with Crippen molar-refractivity contribution < 1.29 is 20.4 Å². The second-order valence-corrected chi connectivity index (χ2v) is 3.33. The molecule has 0 aliphatic carbocycles. The maximum Gasteiger partial charge on any atom is 0.133 e. The average molecular weight is 268 g/mol. The van der Waals surface area contributed by atoms with Gasteiger partial charge in [-0.15, -0.1) is 0 Å². The molecule has 0 unspecified atom stereocenters. The summed E-state index contributed by atoms with van der Waals surface area (Å²) < 4.78 is 67.1. The molecule has 2 N–H and O–H groups in total. The third kappa shape index (κ3) is 2.39. The standard InChI is InChI=1S/C10H14BrNO2/c1-13-9-6-8(11)10(14-2)5-7(9)3-4-12/h5-6H,3-4,12H2,1-2H3/i1D3,2D3,4D2. The van der Waals surface area contributed by atoms with Gasteiger partial charge in [0.25, 0.3) is 0 Å². The molecule has 4 heteroatoms. The number of rotatable bonds is 4. The van der Waals surface area contributed by atoms with Crippen LogP contribution < -0.4 is 15.2 Å². The molecule has 1 rings (SSSR count). The normalized spacial score (nSPS) is 21.3. The van der Waals surface area contributed by atoms with E-state index in [1.807, 2.05) is 0 Å². The van der Waals surface area contributed by atoms with Crippen molar-refractivity contribution in [3.8, 4) is 11.5 Å². The minimum Gasteiger partial charge on any atom is -0.496 e. The lowest BCUT2D eigenvalue weighted by atomic mass is 10.1. The summed E-state index contributed by atoms with van der Waals surface area (Å²) in [6.07, 6.45) is -0.386. The van der Waals surface area contributed by atoms with Crippen molar-refractivity contribution in [2.24, 2.45) is 5.73 Å². The highest BCUT2D eigenvalue weighted by Gasteiger charge is 2.08. The SMILES string of the molecule is [2H]C([2H])(N)Cc1cc(OC([2H])([2H])[2H])c(Br)cc1OC([2H])([2H])[2H]. The van der Waals surface area contributed by atoms with E-state index in [0.29, 0.717) is 0 Å². The molecule has 0 bridgehead atoms. The van der Waals surface area contributed by atoms with Crippen LogP contribution in [0.25, 0.3) is 0 Å². The molecule has 78 valence electrons. The highest BCUT2D eigenvalue weighted by Crippen LogP contribution is 2.32. The first-order valence-electron chi connectivity index (χ1n) is 7.66. The van der Waals surface area contributed by atoms with Crippen LogP contribution >= 0.6 is 15.9 Å². The molecule has 0 amide bonds. The maximum absolute atomic E-state index is 7.39. The van der Waals surface area contributed by atoms with Gasteiger partial charge < -0.3 is 15.2 Å². The second kappa shape index (κ2) is 5.22. The van der Waals surface area contributed by atoms with Gasteiger partial charge in [-0.25, -0.2) is 0 Å². The van der Waals surface area contributed by atoms with E-state index in [4.69, 9.17) is 26.2 Å². The van der Waals surface area contributed by atoms with Crippen molar-refractivity contribution in [1.82, 2.24) is 0 Å². The molecule has 0 saturated carbocycles. The number of halogens is 1. The maximum atomic E-state index is 7.39. The molecule has 0 saturated heterocycles. The van der Waals surface area contributed by atoms with Crippen LogP contribution in [0.4, 0.5) is 0 Å². The molecular formula is C10H14BrNO2. The summed E-state index contributed by atoms with van der Waals surface area (Å²) in [4.78, 5) is 0. The Hall–Kier alpha value is -0.740. The summed E-state index contributed by atoms with van der Waals surface area (Å²) in [5, 5.41) is 0. The molecule has 1 aromatic rings. The van der Waals surface area contributed by atoms with Gasteiger partial charge in [0.05, 0.1) is 26.8 Å². The largest absolute Gasteiger partial charge is 0.496 e. The van der Waals surface area contributed by atoms with Crippen LogP contribution in [0.5, 0.6) is 11.5 Å². The van der Waals surface area contributed by atoms with Crippen molar-refractivity contribution in [1.29, 1.82) is 0 Å². The van der Waals surface area contributed by atoms with Gasteiger partial charge in [0.2, 0.25) is 0 Å². The highest BCUT2D eigenvalue weighted by molar-refractivity contribution is 9.10. The minimum absolute atomic E-state index is 0.0751. The predicted octanol–water partition coefficient (Wildman–Crippen LogP) is 1.97. The molecule has 3 nitrogen and oxygen atoms in total. The number of benzene rings is 1. The first-order chi connectivity index (χ1) is 9.66. The van der Waals surface area contributed by atoms with E-state index >= 15 is 0 Å². The highest BCUT2D eigenvalue weighted by atomic mass is 79.9. The van der Waals surface area contributed by atoms with Crippen LogP contribution in [-0.4, -0.2) is 20.6 Å². The molecule has 14 heavy (non-hydrogen) atoms. The summed E-state index contributed by atoms with van der Waals surface area (Å²) in [6, 6.07) is 2.39.